The first-order valence-electron chi connectivity index (χ1n) is 7.27. The van der Waals surface area contributed by atoms with Crippen molar-refractivity contribution < 1.29 is 9.13 Å². The fourth-order valence-corrected chi connectivity index (χ4v) is 2.43. The van der Waals surface area contributed by atoms with Crippen LogP contribution in [0.25, 0.3) is 22.4 Å². The fourth-order valence-electron chi connectivity index (χ4n) is 2.43. The van der Waals surface area contributed by atoms with E-state index in [4.69, 9.17) is 4.74 Å². The van der Waals surface area contributed by atoms with Crippen molar-refractivity contribution in [1.29, 1.82) is 0 Å². The summed E-state index contributed by atoms with van der Waals surface area (Å²) in [5, 5.41) is 0. The van der Waals surface area contributed by atoms with Crippen LogP contribution in [-0.2, 0) is 0 Å². The Labute approximate surface area is 132 Å². The van der Waals surface area contributed by atoms with Gasteiger partial charge in [0.05, 0.1) is 11.0 Å². The van der Waals surface area contributed by atoms with Gasteiger partial charge in [0.25, 0.3) is 0 Å². The van der Waals surface area contributed by atoms with Crippen molar-refractivity contribution in [3.8, 4) is 22.9 Å². The summed E-state index contributed by atoms with van der Waals surface area (Å²) in [6.45, 7) is 0. The van der Waals surface area contributed by atoms with Crippen LogP contribution in [0.15, 0.2) is 72.8 Å². The molecule has 0 radical (unpaired) electrons. The Bertz CT molecular complexity index is 930. The number of H-pyrrole nitrogens is 1. The fraction of sp³-hybridized carbons (Fsp3) is 0. The number of hydrogen-bond donors (Lipinski definition) is 1. The van der Waals surface area contributed by atoms with Gasteiger partial charge in [0, 0.05) is 5.56 Å². The summed E-state index contributed by atoms with van der Waals surface area (Å²) >= 11 is 0. The van der Waals surface area contributed by atoms with E-state index >= 15 is 0 Å². The molecule has 0 saturated carbocycles. The van der Waals surface area contributed by atoms with E-state index in [9.17, 15) is 4.39 Å². The third kappa shape index (κ3) is 2.66. The molecule has 23 heavy (non-hydrogen) atoms. The monoisotopic (exact) mass is 304 g/mol. The zero-order valence-electron chi connectivity index (χ0n) is 12.2. The number of nitrogens with zero attached hydrogens (tertiary/aromatic N) is 1. The molecule has 1 aromatic heterocycles. The van der Waals surface area contributed by atoms with E-state index < -0.39 is 5.82 Å². The van der Waals surface area contributed by atoms with Crippen LogP contribution in [0.4, 0.5) is 4.39 Å². The molecule has 0 bridgehead atoms. The number of nitrogens with one attached hydrogen (secondary N) is 1. The van der Waals surface area contributed by atoms with Crippen molar-refractivity contribution in [2.45, 2.75) is 0 Å². The molecular weight excluding hydrogens is 291 g/mol. The minimum atomic E-state index is -0.409. The first-order chi connectivity index (χ1) is 11.3. The summed E-state index contributed by atoms with van der Waals surface area (Å²) < 4.78 is 19.6. The summed E-state index contributed by atoms with van der Waals surface area (Å²) in [7, 11) is 0. The number of rotatable bonds is 3. The zero-order chi connectivity index (χ0) is 15.6. The zero-order valence-corrected chi connectivity index (χ0v) is 12.2. The molecule has 0 aliphatic carbocycles. The SMILES string of the molecule is Fc1ccc(-c2nc3ccccc3[nH]2)cc1Oc1ccccc1. The molecule has 4 aromatic rings. The quantitative estimate of drug-likeness (QED) is 0.567. The van der Waals surface area contributed by atoms with Crippen molar-refractivity contribution in [3.05, 3.63) is 78.6 Å². The Morgan fingerprint density at radius 2 is 1.65 bits per heavy atom. The smallest absolute Gasteiger partial charge is 0.165 e. The molecule has 0 spiro atoms. The van der Waals surface area contributed by atoms with Gasteiger partial charge < -0.3 is 9.72 Å². The average molecular weight is 304 g/mol. The highest BCUT2D eigenvalue weighted by molar-refractivity contribution is 5.79. The van der Waals surface area contributed by atoms with E-state index in [1.54, 1.807) is 24.3 Å². The third-order valence-corrected chi connectivity index (χ3v) is 3.57. The first kappa shape index (κ1) is 13.5. The van der Waals surface area contributed by atoms with Gasteiger partial charge in [0.2, 0.25) is 0 Å². The van der Waals surface area contributed by atoms with E-state index in [1.807, 2.05) is 42.5 Å². The van der Waals surface area contributed by atoms with Gasteiger partial charge >= 0.3 is 0 Å². The summed E-state index contributed by atoms with van der Waals surface area (Å²) in [6.07, 6.45) is 0. The van der Waals surface area contributed by atoms with Gasteiger partial charge in [-0.15, -0.1) is 0 Å². The predicted octanol–water partition coefficient (Wildman–Crippen LogP) is 5.16. The van der Waals surface area contributed by atoms with Gasteiger partial charge in [-0.1, -0.05) is 30.3 Å². The second kappa shape index (κ2) is 5.57. The number of imidazole rings is 1. The molecule has 3 aromatic carbocycles. The lowest BCUT2D eigenvalue weighted by molar-refractivity contribution is 0.442. The molecule has 0 atom stereocenters. The minimum absolute atomic E-state index is 0.175. The summed E-state index contributed by atoms with van der Waals surface area (Å²) in [5.41, 5.74) is 2.59. The number of halogens is 1. The highest BCUT2D eigenvalue weighted by Gasteiger charge is 2.10. The Hall–Kier alpha value is -3.14. The van der Waals surface area contributed by atoms with Gasteiger partial charge in [-0.2, -0.15) is 0 Å². The van der Waals surface area contributed by atoms with Gasteiger partial charge in [0.1, 0.15) is 11.6 Å². The second-order valence-electron chi connectivity index (χ2n) is 5.16. The number of hydrogen-bond acceptors (Lipinski definition) is 2. The molecule has 0 saturated heterocycles. The lowest BCUT2D eigenvalue weighted by atomic mass is 10.2. The Morgan fingerprint density at radius 3 is 2.48 bits per heavy atom. The molecule has 3 nitrogen and oxygen atoms in total. The predicted molar refractivity (Wildman–Crippen MR) is 88.0 cm³/mol. The summed E-state index contributed by atoms with van der Waals surface area (Å²) in [6, 6.07) is 21.6. The average Bonchev–Trinajstić information content (AvgIpc) is 3.02. The lowest BCUT2D eigenvalue weighted by Crippen LogP contribution is -1.90. The van der Waals surface area contributed by atoms with Crippen LogP contribution in [0, 0.1) is 5.82 Å². The lowest BCUT2D eigenvalue weighted by Gasteiger charge is -2.08. The molecule has 4 heteroatoms. The molecule has 0 aliphatic heterocycles. The normalized spacial score (nSPS) is 10.8. The number of benzene rings is 3. The minimum Gasteiger partial charge on any atom is -0.454 e. The van der Waals surface area contributed by atoms with Crippen molar-refractivity contribution in [3.63, 3.8) is 0 Å². The Kier molecular flexibility index (Phi) is 3.27. The molecule has 0 unspecified atom stereocenters. The first-order valence-corrected chi connectivity index (χ1v) is 7.27. The van der Waals surface area contributed by atoms with Crippen LogP contribution < -0.4 is 4.74 Å². The van der Waals surface area contributed by atoms with Crippen molar-refractivity contribution in [1.82, 2.24) is 9.97 Å². The standard InChI is InChI=1S/C19H13FN2O/c20-15-11-10-13(12-18(15)23-14-6-2-1-3-7-14)19-21-16-8-4-5-9-17(16)22-19/h1-12H,(H,21,22). The molecule has 1 N–H and O–H groups in total. The molecule has 0 aliphatic rings. The van der Waals surface area contributed by atoms with Crippen LogP contribution in [0.1, 0.15) is 0 Å². The third-order valence-electron chi connectivity index (χ3n) is 3.57. The van der Waals surface area contributed by atoms with E-state index in [0.717, 1.165) is 16.6 Å². The molecule has 0 amide bonds. The van der Waals surface area contributed by atoms with Gasteiger partial charge in [-0.25, -0.2) is 9.37 Å². The molecule has 112 valence electrons. The van der Waals surface area contributed by atoms with Crippen LogP contribution in [0.5, 0.6) is 11.5 Å². The van der Waals surface area contributed by atoms with E-state index in [2.05, 4.69) is 9.97 Å². The van der Waals surface area contributed by atoms with Gasteiger partial charge in [0.15, 0.2) is 11.6 Å². The van der Waals surface area contributed by atoms with E-state index in [-0.39, 0.29) is 5.75 Å². The number of aromatic nitrogens is 2. The Morgan fingerprint density at radius 1 is 0.870 bits per heavy atom. The highest BCUT2D eigenvalue weighted by Crippen LogP contribution is 2.29. The van der Waals surface area contributed by atoms with Crippen LogP contribution in [-0.4, -0.2) is 9.97 Å². The maximum Gasteiger partial charge on any atom is 0.165 e. The van der Waals surface area contributed by atoms with Gasteiger partial charge in [-0.3, -0.25) is 0 Å². The number of fused-ring (bicyclic) bond motifs is 1. The van der Waals surface area contributed by atoms with E-state index in [1.165, 1.54) is 6.07 Å². The van der Waals surface area contributed by atoms with Crippen molar-refractivity contribution >= 4 is 11.0 Å². The molecule has 1 heterocycles. The number of ether oxygens (including phenoxy) is 1. The van der Waals surface area contributed by atoms with Gasteiger partial charge in [-0.05, 0) is 42.5 Å². The maximum atomic E-state index is 14.0. The highest BCUT2D eigenvalue weighted by atomic mass is 19.1. The number of aromatic amines is 1. The van der Waals surface area contributed by atoms with Crippen LogP contribution in [0.2, 0.25) is 0 Å². The summed E-state index contributed by atoms with van der Waals surface area (Å²) in [4.78, 5) is 7.76. The van der Waals surface area contributed by atoms with Crippen LogP contribution >= 0.6 is 0 Å². The molecular formula is C19H13FN2O. The van der Waals surface area contributed by atoms with Crippen molar-refractivity contribution in [2.24, 2.45) is 0 Å². The Balaban J connectivity index is 1.73. The van der Waals surface area contributed by atoms with Crippen LogP contribution in [0.3, 0.4) is 0 Å². The largest absolute Gasteiger partial charge is 0.454 e. The molecule has 0 fully saturated rings. The second-order valence-corrected chi connectivity index (χ2v) is 5.16. The van der Waals surface area contributed by atoms with Crippen molar-refractivity contribution in [2.75, 3.05) is 0 Å². The maximum absolute atomic E-state index is 14.0. The molecule has 4 rings (SSSR count). The van der Waals surface area contributed by atoms with E-state index in [0.29, 0.717) is 11.6 Å². The number of para-hydroxylation sites is 3. The topological polar surface area (TPSA) is 37.9 Å². The summed E-state index contributed by atoms with van der Waals surface area (Å²) in [5.74, 6) is 1.04.